The molecule has 2 aromatic carbocycles. The monoisotopic (exact) mass is 372 g/mol. The Hall–Kier alpha value is -2.34. The zero-order valence-electron chi connectivity index (χ0n) is 15.6. The van der Waals surface area contributed by atoms with E-state index in [9.17, 15) is 13.2 Å². The summed E-state index contributed by atoms with van der Waals surface area (Å²) in [6.45, 7) is 5.59. The molecule has 0 aliphatic carbocycles. The van der Waals surface area contributed by atoms with Crippen LogP contribution in [-0.4, -0.2) is 33.2 Å². The Labute approximate surface area is 155 Å². The molecule has 5 nitrogen and oxygen atoms in total. The minimum atomic E-state index is -3.59. The molecule has 0 bridgehead atoms. The minimum absolute atomic E-state index is 0.0143. The number of hydrogen-bond acceptors (Lipinski definition) is 3. The number of nitrogens with zero attached hydrogens (tertiary/aromatic N) is 2. The summed E-state index contributed by atoms with van der Waals surface area (Å²) in [6.07, 6.45) is 1.92. The number of carbonyl (C=O) groups is 1. The lowest BCUT2D eigenvalue weighted by molar-refractivity contribution is -0.117. The lowest BCUT2D eigenvalue weighted by Gasteiger charge is -2.28. The molecule has 2 aromatic rings. The number of amides is 1. The first-order valence-electron chi connectivity index (χ1n) is 8.63. The van der Waals surface area contributed by atoms with Gasteiger partial charge in [-0.05, 0) is 50.5 Å². The molecule has 1 unspecified atom stereocenters. The molecule has 3 rings (SSSR count). The normalized spacial score (nSPS) is 16.5. The molecule has 138 valence electrons. The molecule has 1 amide bonds. The van der Waals surface area contributed by atoms with Gasteiger partial charge in [0.1, 0.15) is 6.54 Å². The molecule has 0 N–H and O–H groups in total. The van der Waals surface area contributed by atoms with Crippen LogP contribution in [0.4, 0.5) is 11.4 Å². The third-order valence-corrected chi connectivity index (χ3v) is 5.90. The first-order valence-corrected chi connectivity index (χ1v) is 10.5. The van der Waals surface area contributed by atoms with Crippen LogP contribution in [-0.2, 0) is 21.2 Å². The van der Waals surface area contributed by atoms with E-state index < -0.39 is 10.0 Å². The summed E-state index contributed by atoms with van der Waals surface area (Å²) in [7, 11) is -3.59. The molecule has 0 spiro atoms. The Morgan fingerprint density at radius 1 is 1.19 bits per heavy atom. The second-order valence-electron chi connectivity index (χ2n) is 7.01. The van der Waals surface area contributed by atoms with Crippen LogP contribution in [0.25, 0.3) is 0 Å². The van der Waals surface area contributed by atoms with Gasteiger partial charge in [0.15, 0.2) is 0 Å². The van der Waals surface area contributed by atoms with E-state index in [1.807, 2.05) is 57.2 Å². The van der Waals surface area contributed by atoms with Crippen molar-refractivity contribution in [3.8, 4) is 0 Å². The van der Waals surface area contributed by atoms with Crippen LogP contribution in [0, 0.1) is 13.8 Å². The summed E-state index contributed by atoms with van der Waals surface area (Å²) >= 11 is 0. The van der Waals surface area contributed by atoms with Crippen molar-refractivity contribution in [2.75, 3.05) is 22.0 Å². The van der Waals surface area contributed by atoms with Crippen LogP contribution in [0.15, 0.2) is 42.5 Å². The van der Waals surface area contributed by atoms with E-state index in [2.05, 4.69) is 0 Å². The van der Waals surface area contributed by atoms with Gasteiger partial charge in [0, 0.05) is 11.7 Å². The summed E-state index contributed by atoms with van der Waals surface area (Å²) in [6, 6.07) is 13.3. The summed E-state index contributed by atoms with van der Waals surface area (Å²) < 4.78 is 26.0. The number of fused-ring (bicyclic) bond motifs is 1. The highest BCUT2D eigenvalue weighted by molar-refractivity contribution is 7.92. The number of benzene rings is 2. The molecule has 1 aliphatic rings. The first kappa shape index (κ1) is 18.5. The fraction of sp³-hybridized carbons (Fsp3) is 0.350. The highest BCUT2D eigenvalue weighted by atomic mass is 32.2. The molecule has 1 aliphatic heterocycles. The molecule has 0 fully saturated rings. The number of rotatable bonds is 4. The van der Waals surface area contributed by atoms with E-state index in [1.54, 1.807) is 11.0 Å². The van der Waals surface area contributed by atoms with Crippen molar-refractivity contribution < 1.29 is 13.2 Å². The highest BCUT2D eigenvalue weighted by Gasteiger charge is 2.33. The fourth-order valence-electron chi connectivity index (χ4n) is 3.61. The summed E-state index contributed by atoms with van der Waals surface area (Å²) in [5.41, 5.74) is 4.42. The van der Waals surface area contributed by atoms with Crippen molar-refractivity contribution in [1.82, 2.24) is 0 Å². The van der Waals surface area contributed by atoms with Gasteiger partial charge in [0.2, 0.25) is 15.9 Å². The molecule has 0 radical (unpaired) electrons. The molecule has 0 aromatic heterocycles. The Morgan fingerprint density at radius 2 is 1.88 bits per heavy atom. The standard InChI is InChI=1S/C20H24N2O3S/c1-14-9-10-18(15(2)11-14)21(26(4,24)25)13-20(23)22-16(3)12-17-7-5-6-8-19(17)22/h5-11,16H,12-13H2,1-4H3. The van der Waals surface area contributed by atoms with Crippen molar-refractivity contribution in [2.45, 2.75) is 33.2 Å². The first-order chi connectivity index (χ1) is 12.2. The second-order valence-corrected chi connectivity index (χ2v) is 8.91. The second kappa shape index (κ2) is 6.76. The third-order valence-electron chi connectivity index (χ3n) is 4.78. The molecule has 1 heterocycles. The van der Waals surface area contributed by atoms with E-state index in [4.69, 9.17) is 0 Å². The Morgan fingerprint density at radius 3 is 2.54 bits per heavy atom. The van der Waals surface area contributed by atoms with Gasteiger partial charge in [0.05, 0.1) is 11.9 Å². The predicted octanol–water partition coefficient (Wildman–Crippen LogP) is 3.05. The average Bonchev–Trinajstić information content (AvgIpc) is 2.88. The summed E-state index contributed by atoms with van der Waals surface area (Å²) in [5, 5.41) is 0. The Kier molecular flexibility index (Phi) is 4.80. The van der Waals surface area contributed by atoms with Gasteiger partial charge in [0.25, 0.3) is 0 Å². The lowest BCUT2D eigenvalue weighted by Crippen LogP contribution is -2.45. The van der Waals surface area contributed by atoms with Gasteiger partial charge in [-0.2, -0.15) is 0 Å². The van der Waals surface area contributed by atoms with E-state index in [1.165, 1.54) is 4.31 Å². The van der Waals surface area contributed by atoms with E-state index >= 15 is 0 Å². The maximum Gasteiger partial charge on any atom is 0.248 e. The van der Waals surface area contributed by atoms with Gasteiger partial charge in [-0.1, -0.05) is 35.9 Å². The van der Waals surface area contributed by atoms with Crippen LogP contribution < -0.4 is 9.21 Å². The predicted molar refractivity (Wildman–Crippen MR) is 105 cm³/mol. The van der Waals surface area contributed by atoms with Crippen molar-refractivity contribution in [2.24, 2.45) is 0 Å². The number of sulfonamides is 1. The quantitative estimate of drug-likeness (QED) is 0.829. The maximum atomic E-state index is 13.0. The number of aryl methyl sites for hydroxylation is 2. The number of para-hydroxylation sites is 1. The van der Waals surface area contributed by atoms with Crippen LogP contribution in [0.3, 0.4) is 0 Å². The molecule has 1 atom stereocenters. The van der Waals surface area contributed by atoms with Gasteiger partial charge in [-0.3, -0.25) is 9.10 Å². The molecule has 0 saturated carbocycles. The number of carbonyl (C=O) groups excluding carboxylic acids is 1. The smallest absolute Gasteiger partial charge is 0.248 e. The topological polar surface area (TPSA) is 57.7 Å². The van der Waals surface area contributed by atoms with E-state index in [0.717, 1.165) is 35.1 Å². The van der Waals surface area contributed by atoms with Crippen LogP contribution in [0.2, 0.25) is 0 Å². The fourth-order valence-corrected chi connectivity index (χ4v) is 4.52. The van der Waals surface area contributed by atoms with Gasteiger partial charge in [-0.15, -0.1) is 0 Å². The van der Waals surface area contributed by atoms with Gasteiger partial charge >= 0.3 is 0 Å². The molecule has 0 saturated heterocycles. The average molecular weight is 372 g/mol. The maximum absolute atomic E-state index is 13.0. The van der Waals surface area contributed by atoms with Crippen molar-refractivity contribution in [1.29, 1.82) is 0 Å². The SMILES string of the molecule is Cc1ccc(N(CC(=O)N2c3ccccc3CC2C)S(C)(=O)=O)c(C)c1. The van der Waals surface area contributed by atoms with Gasteiger partial charge in [-0.25, -0.2) is 8.42 Å². The van der Waals surface area contributed by atoms with Crippen LogP contribution in [0.5, 0.6) is 0 Å². The minimum Gasteiger partial charge on any atom is -0.307 e. The van der Waals surface area contributed by atoms with Crippen molar-refractivity contribution >= 4 is 27.3 Å². The Balaban J connectivity index is 1.94. The van der Waals surface area contributed by atoms with E-state index in [-0.39, 0.29) is 18.5 Å². The molecular formula is C20H24N2O3S. The van der Waals surface area contributed by atoms with E-state index in [0.29, 0.717) is 5.69 Å². The highest BCUT2D eigenvalue weighted by Crippen LogP contribution is 2.32. The Bertz CT molecular complexity index is 953. The molecular weight excluding hydrogens is 348 g/mol. The zero-order valence-corrected chi connectivity index (χ0v) is 16.4. The van der Waals surface area contributed by atoms with Crippen LogP contribution >= 0.6 is 0 Å². The number of hydrogen-bond donors (Lipinski definition) is 0. The van der Waals surface area contributed by atoms with Crippen molar-refractivity contribution in [3.05, 3.63) is 59.2 Å². The van der Waals surface area contributed by atoms with Crippen molar-refractivity contribution in [3.63, 3.8) is 0 Å². The molecule has 26 heavy (non-hydrogen) atoms. The largest absolute Gasteiger partial charge is 0.307 e. The zero-order chi connectivity index (χ0) is 19.1. The molecule has 6 heteroatoms. The van der Waals surface area contributed by atoms with Gasteiger partial charge < -0.3 is 4.90 Å². The summed E-state index contributed by atoms with van der Waals surface area (Å²) in [4.78, 5) is 14.8. The third kappa shape index (κ3) is 3.46. The lowest BCUT2D eigenvalue weighted by atomic mass is 10.1. The summed E-state index contributed by atoms with van der Waals surface area (Å²) in [5.74, 6) is -0.215. The number of anilines is 2. The van der Waals surface area contributed by atoms with Crippen LogP contribution in [0.1, 0.15) is 23.6 Å².